The summed E-state index contributed by atoms with van der Waals surface area (Å²) in [5, 5.41) is 0. The summed E-state index contributed by atoms with van der Waals surface area (Å²) in [6.07, 6.45) is 8.60. The number of allylic oxidation sites excluding steroid dienone is 1. The second-order valence-corrected chi connectivity index (χ2v) is 3.38. The van der Waals surface area contributed by atoms with Gasteiger partial charge in [0, 0.05) is 0 Å². The molecule has 0 rings (SSSR count). The van der Waals surface area contributed by atoms with Crippen LogP contribution in [-0.4, -0.2) is 0 Å². The van der Waals surface area contributed by atoms with Crippen molar-refractivity contribution in [2.24, 2.45) is 5.41 Å². The van der Waals surface area contributed by atoms with Crippen molar-refractivity contribution in [3.8, 4) is 0 Å². The number of unbranched alkanes of at least 4 members (excludes halogenated alkanes) is 1. The van der Waals surface area contributed by atoms with Gasteiger partial charge in [-0.1, -0.05) is 39.7 Å². The van der Waals surface area contributed by atoms with Crippen LogP contribution in [0.2, 0.25) is 0 Å². The highest BCUT2D eigenvalue weighted by atomic mass is 14.2. The van der Waals surface area contributed by atoms with Crippen molar-refractivity contribution in [3.63, 3.8) is 0 Å². The van der Waals surface area contributed by atoms with Gasteiger partial charge in [0.25, 0.3) is 0 Å². The molecule has 0 N–H and O–H groups in total. The molecule has 0 bridgehead atoms. The third-order valence-corrected chi connectivity index (χ3v) is 2.87. The molecule has 66 valence electrons. The van der Waals surface area contributed by atoms with E-state index in [1.807, 2.05) is 0 Å². The van der Waals surface area contributed by atoms with Crippen LogP contribution in [0.4, 0.5) is 0 Å². The summed E-state index contributed by atoms with van der Waals surface area (Å²) in [7, 11) is 0. The van der Waals surface area contributed by atoms with Gasteiger partial charge < -0.3 is 0 Å². The topological polar surface area (TPSA) is 0 Å². The lowest BCUT2D eigenvalue weighted by molar-refractivity contribution is 0.315. The van der Waals surface area contributed by atoms with Crippen LogP contribution in [0.5, 0.6) is 0 Å². The minimum Gasteiger partial charge on any atom is -0.103 e. The quantitative estimate of drug-likeness (QED) is 0.504. The molecule has 0 heterocycles. The van der Waals surface area contributed by atoms with E-state index in [2.05, 4.69) is 33.4 Å². The van der Waals surface area contributed by atoms with E-state index in [9.17, 15) is 0 Å². The Bertz CT molecular complexity index is 98.6. The summed E-state index contributed by atoms with van der Waals surface area (Å²) in [6.45, 7) is 10.7. The zero-order valence-corrected chi connectivity index (χ0v) is 8.32. The monoisotopic (exact) mass is 154 g/mol. The van der Waals surface area contributed by atoms with Gasteiger partial charge in [-0.3, -0.25) is 0 Å². The van der Waals surface area contributed by atoms with E-state index in [1.165, 1.54) is 32.1 Å². The van der Waals surface area contributed by atoms with Crippen LogP contribution in [0.1, 0.15) is 52.9 Å². The molecule has 0 spiro atoms. The van der Waals surface area contributed by atoms with E-state index < -0.39 is 0 Å². The van der Waals surface area contributed by atoms with Crippen LogP contribution >= 0.6 is 0 Å². The van der Waals surface area contributed by atoms with Crippen molar-refractivity contribution in [1.82, 2.24) is 0 Å². The maximum Gasteiger partial charge on any atom is -0.0126 e. The van der Waals surface area contributed by atoms with Crippen molar-refractivity contribution in [2.75, 3.05) is 0 Å². The molecule has 0 aromatic rings. The zero-order valence-electron chi connectivity index (χ0n) is 8.32. The summed E-state index contributed by atoms with van der Waals surface area (Å²) in [5.41, 5.74) is 0.440. The Balaban J connectivity index is 3.94. The molecule has 11 heavy (non-hydrogen) atoms. The Kier molecular flexibility index (Phi) is 5.27. The molecule has 0 atom stereocenters. The Hall–Kier alpha value is -0.260. The number of rotatable bonds is 6. The fraction of sp³-hybridized carbons (Fsp3) is 0.818. The Morgan fingerprint density at radius 3 is 2.00 bits per heavy atom. The molecule has 0 aromatic carbocycles. The normalized spacial score (nSPS) is 11.5. The molecular formula is C11H22. The highest BCUT2D eigenvalue weighted by Gasteiger charge is 2.20. The van der Waals surface area contributed by atoms with Crippen LogP contribution in [0.3, 0.4) is 0 Å². The number of hydrogen-bond donors (Lipinski definition) is 0. The van der Waals surface area contributed by atoms with Crippen LogP contribution in [0, 0.1) is 5.41 Å². The van der Waals surface area contributed by atoms with Crippen LogP contribution in [-0.2, 0) is 0 Å². The van der Waals surface area contributed by atoms with Crippen molar-refractivity contribution in [1.29, 1.82) is 0 Å². The first-order valence-corrected chi connectivity index (χ1v) is 4.88. The molecule has 0 aliphatic rings. The molecule has 0 aromatic heterocycles. The van der Waals surface area contributed by atoms with E-state index >= 15 is 0 Å². The van der Waals surface area contributed by atoms with Crippen LogP contribution < -0.4 is 0 Å². The summed E-state index contributed by atoms with van der Waals surface area (Å²) in [5.74, 6) is 0. The largest absolute Gasteiger partial charge is 0.103 e. The van der Waals surface area contributed by atoms with Gasteiger partial charge in [-0.05, 0) is 24.7 Å². The van der Waals surface area contributed by atoms with Gasteiger partial charge in [-0.15, -0.1) is 6.58 Å². The fourth-order valence-electron chi connectivity index (χ4n) is 1.52. The Labute approximate surface area is 71.7 Å². The molecule has 0 aliphatic carbocycles. The average Bonchev–Trinajstić information content (AvgIpc) is 2.08. The lowest BCUT2D eigenvalue weighted by atomic mass is 9.78. The molecule has 0 saturated carbocycles. The first-order chi connectivity index (χ1) is 5.24. The van der Waals surface area contributed by atoms with E-state index in [-0.39, 0.29) is 0 Å². The first-order valence-electron chi connectivity index (χ1n) is 4.88. The first kappa shape index (κ1) is 10.7. The molecular weight excluding hydrogens is 132 g/mol. The minimum atomic E-state index is 0.440. The van der Waals surface area contributed by atoms with Crippen LogP contribution in [0.25, 0.3) is 0 Å². The summed E-state index contributed by atoms with van der Waals surface area (Å²) < 4.78 is 0. The zero-order chi connectivity index (χ0) is 8.74. The Morgan fingerprint density at radius 2 is 1.73 bits per heavy atom. The van der Waals surface area contributed by atoms with Crippen molar-refractivity contribution in [2.45, 2.75) is 52.9 Å². The SMILES string of the molecule is C=CC(CC)(CC)CCCC. The van der Waals surface area contributed by atoms with E-state index in [0.29, 0.717) is 5.41 Å². The smallest absolute Gasteiger partial charge is 0.0126 e. The minimum absolute atomic E-state index is 0.440. The summed E-state index contributed by atoms with van der Waals surface area (Å²) in [6, 6.07) is 0. The highest BCUT2D eigenvalue weighted by molar-refractivity contribution is 4.92. The molecule has 0 saturated heterocycles. The van der Waals surface area contributed by atoms with Gasteiger partial charge in [-0.2, -0.15) is 0 Å². The average molecular weight is 154 g/mol. The summed E-state index contributed by atoms with van der Waals surface area (Å²) >= 11 is 0. The molecule has 0 heteroatoms. The van der Waals surface area contributed by atoms with Gasteiger partial charge >= 0.3 is 0 Å². The molecule has 0 nitrogen and oxygen atoms in total. The van der Waals surface area contributed by atoms with Crippen molar-refractivity contribution in [3.05, 3.63) is 12.7 Å². The second-order valence-electron chi connectivity index (χ2n) is 3.38. The predicted octanol–water partition coefficient (Wildman–Crippen LogP) is 4.17. The third-order valence-electron chi connectivity index (χ3n) is 2.87. The third kappa shape index (κ3) is 3.09. The Morgan fingerprint density at radius 1 is 1.18 bits per heavy atom. The van der Waals surface area contributed by atoms with Gasteiger partial charge in [0.15, 0.2) is 0 Å². The van der Waals surface area contributed by atoms with Gasteiger partial charge in [0.05, 0.1) is 0 Å². The highest BCUT2D eigenvalue weighted by Crippen LogP contribution is 2.33. The van der Waals surface area contributed by atoms with Crippen LogP contribution in [0.15, 0.2) is 12.7 Å². The van der Waals surface area contributed by atoms with E-state index in [0.717, 1.165) is 0 Å². The van der Waals surface area contributed by atoms with E-state index in [4.69, 9.17) is 0 Å². The number of hydrogen-bond acceptors (Lipinski definition) is 0. The molecule has 0 radical (unpaired) electrons. The van der Waals surface area contributed by atoms with Gasteiger partial charge in [0.2, 0.25) is 0 Å². The molecule has 0 aliphatic heterocycles. The maximum absolute atomic E-state index is 3.93. The molecule has 0 amide bonds. The maximum atomic E-state index is 3.93. The lowest BCUT2D eigenvalue weighted by Crippen LogP contribution is -2.14. The standard InChI is InChI=1S/C11H22/c1-5-9-10-11(6-2,7-3)8-4/h6H,2,5,7-10H2,1,3-4H3. The van der Waals surface area contributed by atoms with Crippen molar-refractivity contribution >= 4 is 0 Å². The second kappa shape index (κ2) is 5.40. The fourth-order valence-corrected chi connectivity index (χ4v) is 1.52. The lowest BCUT2D eigenvalue weighted by Gasteiger charge is -2.27. The van der Waals surface area contributed by atoms with Crippen molar-refractivity contribution < 1.29 is 0 Å². The van der Waals surface area contributed by atoms with E-state index in [1.54, 1.807) is 0 Å². The predicted molar refractivity (Wildman–Crippen MR) is 52.7 cm³/mol. The molecule has 0 fully saturated rings. The van der Waals surface area contributed by atoms with Gasteiger partial charge in [0.1, 0.15) is 0 Å². The molecule has 0 unspecified atom stereocenters. The summed E-state index contributed by atoms with van der Waals surface area (Å²) in [4.78, 5) is 0. The van der Waals surface area contributed by atoms with Gasteiger partial charge in [-0.25, -0.2) is 0 Å².